The Morgan fingerprint density at radius 2 is 1.90 bits per heavy atom. The van der Waals surface area contributed by atoms with Crippen LogP contribution in [0.15, 0.2) is 18.3 Å². The van der Waals surface area contributed by atoms with Crippen LogP contribution >= 0.6 is 0 Å². The van der Waals surface area contributed by atoms with Crippen molar-refractivity contribution < 1.29 is 0 Å². The molecule has 2 heterocycles. The van der Waals surface area contributed by atoms with Crippen LogP contribution in [-0.2, 0) is 0 Å². The van der Waals surface area contributed by atoms with Gasteiger partial charge in [-0.2, -0.15) is 0 Å². The van der Waals surface area contributed by atoms with Crippen molar-refractivity contribution in [3.8, 4) is 0 Å². The Kier molecular flexibility index (Phi) is 4.44. The predicted molar refractivity (Wildman–Crippen MR) is 85.3 cm³/mol. The van der Waals surface area contributed by atoms with Crippen LogP contribution in [0.2, 0.25) is 0 Å². The third-order valence-electron chi connectivity index (χ3n) is 4.91. The molecule has 110 valence electrons. The topological polar surface area (TPSA) is 28.2 Å². The Labute approximate surface area is 122 Å². The molecule has 0 amide bonds. The third kappa shape index (κ3) is 3.44. The van der Waals surface area contributed by atoms with Gasteiger partial charge in [-0.25, -0.2) is 4.98 Å². The van der Waals surface area contributed by atoms with Crippen molar-refractivity contribution in [3.63, 3.8) is 0 Å². The molecule has 0 bridgehead atoms. The molecule has 1 saturated heterocycles. The number of hydrogen-bond acceptors (Lipinski definition) is 3. The summed E-state index contributed by atoms with van der Waals surface area (Å²) in [5.41, 5.74) is 1.17. The van der Waals surface area contributed by atoms with E-state index >= 15 is 0 Å². The van der Waals surface area contributed by atoms with Crippen LogP contribution in [0.4, 0.5) is 11.5 Å². The molecule has 0 unspecified atom stereocenters. The Hall–Kier alpha value is -1.25. The molecule has 0 radical (unpaired) electrons. The number of aromatic nitrogens is 1. The molecule has 1 aromatic heterocycles. The van der Waals surface area contributed by atoms with E-state index < -0.39 is 0 Å². The molecule has 1 aliphatic heterocycles. The highest BCUT2D eigenvalue weighted by Gasteiger charge is 2.18. The summed E-state index contributed by atoms with van der Waals surface area (Å²) in [5.74, 6) is 2.93. The fourth-order valence-corrected chi connectivity index (χ4v) is 3.42. The van der Waals surface area contributed by atoms with Gasteiger partial charge in [0.05, 0.1) is 11.9 Å². The van der Waals surface area contributed by atoms with Gasteiger partial charge in [-0.15, -0.1) is 0 Å². The molecule has 0 aromatic carbocycles. The van der Waals surface area contributed by atoms with Crippen LogP contribution in [0.5, 0.6) is 0 Å². The summed E-state index contributed by atoms with van der Waals surface area (Å²) in [6, 6.07) is 4.35. The minimum absolute atomic E-state index is 0.851. The Morgan fingerprint density at radius 3 is 2.55 bits per heavy atom. The second kappa shape index (κ2) is 6.47. The van der Waals surface area contributed by atoms with Gasteiger partial charge in [0.15, 0.2) is 0 Å². The fourth-order valence-electron chi connectivity index (χ4n) is 3.42. The zero-order chi connectivity index (χ0) is 13.8. The van der Waals surface area contributed by atoms with Gasteiger partial charge >= 0.3 is 0 Å². The molecule has 1 saturated carbocycles. The second-order valence-electron chi connectivity index (χ2n) is 6.61. The van der Waals surface area contributed by atoms with Crippen LogP contribution in [0.1, 0.15) is 45.4 Å². The molecular weight excluding hydrogens is 246 g/mol. The van der Waals surface area contributed by atoms with Crippen LogP contribution in [0, 0.1) is 11.8 Å². The predicted octanol–water partition coefficient (Wildman–Crippen LogP) is 3.92. The van der Waals surface area contributed by atoms with E-state index in [0.717, 1.165) is 24.2 Å². The summed E-state index contributed by atoms with van der Waals surface area (Å²) in [7, 11) is 0. The first kappa shape index (κ1) is 13.7. The van der Waals surface area contributed by atoms with Gasteiger partial charge in [-0.1, -0.05) is 19.8 Å². The highest BCUT2D eigenvalue weighted by Crippen LogP contribution is 2.28. The van der Waals surface area contributed by atoms with Gasteiger partial charge < -0.3 is 10.2 Å². The van der Waals surface area contributed by atoms with Crippen molar-refractivity contribution in [2.24, 2.45) is 11.8 Å². The van der Waals surface area contributed by atoms with Crippen molar-refractivity contribution in [1.82, 2.24) is 4.98 Å². The minimum Gasteiger partial charge on any atom is -0.384 e. The van der Waals surface area contributed by atoms with Crippen LogP contribution < -0.4 is 10.2 Å². The van der Waals surface area contributed by atoms with Gasteiger partial charge in [0.1, 0.15) is 5.82 Å². The monoisotopic (exact) mass is 273 g/mol. The molecule has 0 spiro atoms. The molecule has 3 heteroatoms. The van der Waals surface area contributed by atoms with Crippen molar-refractivity contribution in [3.05, 3.63) is 18.3 Å². The molecule has 20 heavy (non-hydrogen) atoms. The van der Waals surface area contributed by atoms with E-state index in [0.29, 0.717) is 0 Å². The summed E-state index contributed by atoms with van der Waals surface area (Å²) in [5, 5.41) is 3.57. The molecule has 1 aliphatic carbocycles. The van der Waals surface area contributed by atoms with E-state index in [4.69, 9.17) is 0 Å². The normalized spacial score (nSPS) is 26.8. The zero-order valence-electron chi connectivity index (χ0n) is 12.6. The molecule has 2 aliphatic rings. The number of nitrogens with one attached hydrogen (secondary N) is 1. The van der Waals surface area contributed by atoms with Gasteiger partial charge in [-0.05, 0) is 49.7 Å². The highest BCUT2D eigenvalue weighted by atomic mass is 15.2. The maximum Gasteiger partial charge on any atom is 0.128 e. The first-order valence-electron chi connectivity index (χ1n) is 8.26. The molecule has 0 atom stereocenters. The summed E-state index contributed by atoms with van der Waals surface area (Å²) >= 11 is 0. The summed E-state index contributed by atoms with van der Waals surface area (Å²) in [6.45, 7) is 5.82. The van der Waals surface area contributed by atoms with E-state index in [-0.39, 0.29) is 0 Å². The molecular formula is C17H27N3. The Morgan fingerprint density at radius 1 is 1.15 bits per heavy atom. The Balaban J connectivity index is 1.48. The maximum absolute atomic E-state index is 4.60. The molecule has 3 rings (SSSR count). The van der Waals surface area contributed by atoms with Crippen LogP contribution in [0.25, 0.3) is 0 Å². The third-order valence-corrected chi connectivity index (χ3v) is 4.91. The summed E-state index contributed by atoms with van der Waals surface area (Å²) < 4.78 is 0. The second-order valence-corrected chi connectivity index (χ2v) is 6.61. The van der Waals surface area contributed by atoms with Crippen molar-refractivity contribution in [2.45, 2.75) is 45.4 Å². The maximum atomic E-state index is 4.60. The smallest absolute Gasteiger partial charge is 0.128 e. The highest BCUT2D eigenvalue weighted by molar-refractivity contribution is 5.49. The van der Waals surface area contributed by atoms with Gasteiger partial charge in [0, 0.05) is 19.6 Å². The fraction of sp³-hybridized carbons (Fsp3) is 0.706. The summed E-state index contributed by atoms with van der Waals surface area (Å²) in [6.07, 6.45) is 10.2. The van der Waals surface area contributed by atoms with Gasteiger partial charge in [0.25, 0.3) is 0 Å². The first-order chi connectivity index (χ1) is 9.81. The average Bonchev–Trinajstić information content (AvgIpc) is 3.01. The SMILES string of the molecule is CC1CCC(CNc2ccc(N3CCCC3)nc2)CC1. The number of rotatable bonds is 4. The molecule has 1 N–H and O–H groups in total. The Bertz CT molecular complexity index is 401. The number of pyridine rings is 1. The van der Waals surface area contributed by atoms with Gasteiger partial charge in [-0.3, -0.25) is 0 Å². The number of anilines is 2. The van der Waals surface area contributed by atoms with E-state index in [1.807, 2.05) is 6.20 Å². The lowest BCUT2D eigenvalue weighted by Gasteiger charge is -2.26. The minimum atomic E-state index is 0.851. The lowest BCUT2D eigenvalue weighted by Crippen LogP contribution is -2.21. The number of hydrogen-bond donors (Lipinski definition) is 1. The largest absolute Gasteiger partial charge is 0.384 e. The average molecular weight is 273 g/mol. The van der Waals surface area contributed by atoms with Crippen molar-refractivity contribution in [2.75, 3.05) is 29.9 Å². The van der Waals surface area contributed by atoms with Crippen LogP contribution in [-0.4, -0.2) is 24.6 Å². The quantitative estimate of drug-likeness (QED) is 0.901. The first-order valence-corrected chi connectivity index (χ1v) is 8.26. The van der Waals surface area contributed by atoms with Gasteiger partial charge in [0.2, 0.25) is 0 Å². The molecule has 1 aromatic rings. The van der Waals surface area contributed by atoms with E-state index in [9.17, 15) is 0 Å². The van der Waals surface area contributed by atoms with E-state index in [2.05, 4.69) is 34.3 Å². The lowest BCUT2D eigenvalue weighted by atomic mass is 9.83. The van der Waals surface area contributed by atoms with Crippen LogP contribution in [0.3, 0.4) is 0 Å². The summed E-state index contributed by atoms with van der Waals surface area (Å²) in [4.78, 5) is 6.98. The molecule has 3 nitrogen and oxygen atoms in total. The lowest BCUT2D eigenvalue weighted by molar-refractivity contribution is 0.300. The van der Waals surface area contributed by atoms with Crippen molar-refractivity contribution >= 4 is 11.5 Å². The van der Waals surface area contributed by atoms with E-state index in [1.54, 1.807) is 0 Å². The number of nitrogens with zero attached hydrogens (tertiary/aromatic N) is 2. The van der Waals surface area contributed by atoms with Crippen molar-refractivity contribution in [1.29, 1.82) is 0 Å². The zero-order valence-corrected chi connectivity index (χ0v) is 12.6. The standard InChI is InChI=1S/C17H27N3/c1-14-4-6-15(7-5-14)12-18-16-8-9-17(19-13-16)20-10-2-3-11-20/h8-9,13-15,18H,2-7,10-12H2,1H3. The molecule has 2 fully saturated rings. The van der Waals surface area contributed by atoms with E-state index in [1.165, 1.54) is 57.3 Å².